The second-order valence-corrected chi connectivity index (χ2v) is 5.55. The van der Waals surface area contributed by atoms with Gasteiger partial charge in [-0.25, -0.2) is 5.43 Å². The van der Waals surface area contributed by atoms with Crippen LogP contribution < -0.4 is 15.5 Å². The minimum atomic E-state index is -0.390. The summed E-state index contributed by atoms with van der Waals surface area (Å²) in [6, 6.07) is 11.0. The molecule has 1 heterocycles. The number of anilines is 1. The van der Waals surface area contributed by atoms with Gasteiger partial charge >= 0.3 is 0 Å². The molecule has 0 aliphatic carbocycles. The summed E-state index contributed by atoms with van der Waals surface area (Å²) < 4.78 is 5.38. The number of nitrogens with zero attached hydrogens (tertiary/aromatic N) is 1. The van der Waals surface area contributed by atoms with E-state index in [1.807, 2.05) is 48.7 Å². The average molecular weight is 317 g/mol. The summed E-state index contributed by atoms with van der Waals surface area (Å²) in [4.78, 5) is 12.9. The van der Waals surface area contributed by atoms with E-state index in [0.29, 0.717) is 6.61 Å². The number of rotatable bonds is 7. The van der Waals surface area contributed by atoms with Crippen LogP contribution in [0.4, 0.5) is 5.69 Å². The SMILES string of the molecule is CCOc1ccc(NC(C)C(=O)N/N=C/c2cccs2)cc1. The Labute approximate surface area is 134 Å². The second kappa shape index (κ2) is 8.19. The third kappa shape index (κ3) is 4.89. The summed E-state index contributed by atoms with van der Waals surface area (Å²) in [6.45, 7) is 4.36. The summed E-state index contributed by atoms with van der Waals surface area (Å²) in [5.41, 5.74) is 3.38. The number of carbonyl (C=O) groups excluding carboxylic acids is 1. The van der Waals surface area contributed by atoms with Gasteiger partial charge in [-0.05, 0) is 49.6 Å². The molecule has 0 aliphatic rings. The molecule has 1 unspecified atom stereocenters. The summed E-state index contributed by atoms with van der Waals surface area (Å²) in [5, 5.41) is 9.01. The molecule has 0 aliphatic heterocycles. The maximum atomic E-state index is 11.9. The van der Waals surface area contributed by atoms with Gasteiger partial charge in [-0.3, -0.25) is 4.79 Å². The minimum Gasteiger partial charge on any atom is -0.494 e. The van der Waals surface area contributed by atoms with Gasteiger partial charge in [0.15, 0.2) is 0 Å². The molecule has 22 heavy (non-hydrogen) atoms. The number of hydrogen-bond acceptors (Lipinski definition) is 5. The fourth-order valence-electron chi connectivity index (χ4n) is 1.75. The monoisotopic (exact) mass is 317 g/mol. The van der Waals surface area contributed by atoms with Crippen molar-refractivity contribution in [2.45, 2.75) is 19.9 Å². The molecular formula is C16H19N3O2S. The highest BCUT2D eigenvalue weighted by molar-refractivity contribution is 7.11. The first-order chi connectivity index (χ1) is 10.7. The molecule has 1 atom stereocenters. The Balaban J connectivity index is 1.82. The predicted molar refractivity (Wildman–Crippen MR) is 90.8 cm³/mol. The molecule has 2 N–H and O–H groups in total. The minimum absolute atomic E-state index is 0.193. The van der Waals surface area contributed by atoms with E-state index in [0.717, 1.165) is 16.3 Å². The molecule has 1 aromatic carbocycles. The normalized spacial score (nSPS) is 12.1. The molecule has 2 rings (SSSR count). The van der Waals surface area contributed by atoms with Crippen molar-refractivity contribution in [3.8, 4) is 5.75 Å². The number of thiophene rings is 1. The highest BCUT2D eigenvalue weighted by Gasteiger charge is 2.11. The number of benzene rings is 1. The summed E-state index contributed by atoms with van der Waals surface area (Å²) >= 11 is 1.56. The van der Waals surface area contributed by atoms with Crippen molar-refractivity contribution in [2.75, 3.05) is 11.9 Å². The van der Waals surface area contributed by atoms with E-state index >= 15 is 0 Å². The van der Waals surface area contributed by atoms with Crippen LogP contribution in [0.1, 0.15) is 18.7 Å². The lowest BCUT2D eigenvalue weighted by molar-refractivity contribution is -0.121. The smallest absolute Gasteiger partial charge is 0.262 e. The van der Waals surface area contributed by atoms with E-state index in [2.05, 4.69) is 15.8 Å². The largest absolute Gasteiger partial charge is 0.494 e. The first kappa shape index (κ1) is 16.0. The molecule has 1 amide bonds. The number of amides is 1. The molecular weight excluding hydrogens is 298 g/mol. The van der Waals surface area contributed by atoms with Gasteiger partial charge in [0, 0.05) is 10.6 Å². The van der Waals surface area contributed by atoms with E-state index in [1.54, 1.807) is 24.5 Å². The van der Waals surface area contributed by atoms with Gasteiger partial charge in [-0.1, -0.05) is 6.07 Å². The van der Waals surface area contributed by atoms with Crippen molar-refractivity contribution in [1.29, 1.82) is 0 Å². The third-order valence-electron chi connectivity index (χ3n) is 2.85. The van der Waals surface area contributed by atoms with Crippen molar-refractivity contribution < 1.29 is 9.53 Å². The Hall–Kier alpha value is -2.34. The maximum Gasteiger partial charge on any atom is 0.262 e. The van der Waals surface area contributed by atoms with E-state index < -0.39 is 6.04 Å². The highest BCUT2D eigenvalue weighted by atomic mass is 32.1. The molecule has 0 radical (unpaired) electrons. The Morgan fingerprint density at radius 1 is 1.36 bits per heavy atom. The van der Waals surface area contributed by atoms with Gasteiger partial charge in [-0.15, -0.1) is 11.3 Å². The molecule has 0 saturated heterocycles. The van der Waals surface area contributed by atoms with Crippen LogP contribution in [-0.4, -0.2) is 24.8 Å². The molecule has 0 bridgehead atoms. The van der Waals surface area contributed by atoms with Crippen molar-refractivity contribution in [3.63, 3.8) is 0 Å². The number of nitrogens with one attached hydrogen (secondary N) is 2. The Morgan fingerprint density at radius 3 is 2.77 bits per heavy atom. The zero-order chi connectivity index (χ0) is 15.8. The number of ether oxygens (including phenoxy) is 1. The molecule has 2 aromatic rings. The maximum absolute atomic E-state index is 11.9. The van der Waals surface area contributed by atoms with Gasteiger partial charge in [0.25, 0.3) is 5.91 Å². The quantitative estimate of drug-likeness (QED) is 0.609. The lowest BCUT2D eigenvalue weighted by Gasteiger charge is -2.13. The summed E-state index contributed by atoms with van der Waals surface area (Å²) in [5.74, 6) is 0.618. The van der Waals surface area contributed by atoms with Crippen LogP contribution in [-0.2, 0) is 4.79 Å². The van der Waals surface area contributed by atoms with Crippen molar-refractivity contribution in [2.24, 2.45) is 5.10 Å². The zero-order valence-corrected chi connectivity index (χ0v) is 13.4. The van der Waals surface area contributed by atoms with Gasteiger partial charge < -0.3 is 10.1 Å². The van der Waals surface area contributed by atoms with Crippen LogP contribution >= 0.6 is 11.3 Å². The molecule has 6 heteroatoms. The molecule has 5 nitrogen and oxygen atoms in total. The fourth-order valence-corrected chi connectivity index (χ4v) is 2.34. The zero-order valence-electron chi connectivity index (χ0n) is 12.6. The van der Waals surface area contributed by atoms with E-state index in [4.69, 9.17) is 4.74 Å². The van der Waals surface area contributed by atoms with Crippen molar-refractivity contribution in [3.05, 3.63) is 46.7 Å². The van der Waals surface area contributed by atoms with Gasteiger partial charge in [0.1, 0.15) is 11.8 Å². The Bertz CT molecular complexity index is 609. The summed E-state index contributed by atoms with van der Waals surface area (Å²) in [6.07, 6.45) is 1.63. The number of carbonyl (C=O) groups is 1. The third-order valence-corrected chi connectivity index (χ3v) is 3.66. The fraction of sp³-hybridized carbons (Fsp3) is 0.250. The lowest BCUT2D eigenvalue weighted by atomic mass is 10.2. The van der Waals surface area contributed by atoms with Crippen LogP contribution in [0.15, 0.2) is 46.9 Å². The predicted octanol–water partition coefficient (Wildman–Crippen LogP) is 3.10. The molecule has 1 aromatic heterocycles. The van der Waals surface area contributed by atoms with Crippen LogP contribution in [0.5, 0.6) is 5.75 Å². The topological polar surface area (TPSA) is 62.7 Å². The van der Waals surface area contributed by atoms with E-state index in [1.165, 1.54) is 0 Å². The molecule has 0 fully saturated rings. The lowest BCUT2D eigenvalue weighted by Crippen LogP contribution is -2.34. The molecule has 0 saturated carbocycles. The van der Waals surface area contributed by atoms with Crippen LogP contribution in [0, 0.1) is 0 Å². The van der Waals surface area contributed by atoms with Crippen LogP contribution in [0.2, 0.25) is 0 Å². The van der Waals surface area contributed by atoms with E-state index in [9.17, 15) is 4.79 Å². The Kier molecular flexibility index (Phi) is 5.97. The Morgan fingerprint density at radius 2 is 2.14 bits per heavy atom. The highest BCUT2D eigenvalue weighted by Crippen LogP contribution is 2.16. The van der Waals surface area contributed by atoms with Gasteiger partial charge in [0.05, 0.1) is 12.8 Å². The first-order valence-electron chi connectivity index (χ1n) is 7.05. The standard InChI is InChI=1S/C16H19N3O2S/c1-3-21-14-8-6-13(7-9-14)18-12(2)16(20)19-17-11-15-5-4-10-22-15/h4-12,18H,3H2,1-2H3,(H,19,20)/b17-11+. The van der Waals surface area contributed by atoms with E-state index in [-0.39, 0.29) is 5.91 Å². The number of hydrogen-bond donors (Lipinski definition) is 2. The van der Waals surface area contributed by atoms with Gasteiger partial charge in [-0.2, -0.15) is 5.10 Å². The van der Waals surface area contributed by atoms with Crippen molar-refractivity contribution >= 4 is 29.1 Å². The first-order valence-corrected chi connectivity index (χ1v) is 7.93. The second-order valence-electron chi connectivity index (χ2n) is 4.57. The molecule has 0 spiro atoms. The van der Waals surface area contributed by atoms with Crippen molar-refractivity contribution in [1.82, 2.24) is 5.43 Å². The van der Waals surface area contributed by atoms with Crippen LogP contribution in [0.25, 0.3) is 0 Å². The average Bonchev–Trinajstić information content (AvgIpc) is 3.02. The number of hydrazone groups is 1. The molecule has 116 valence electrons. The summed E-state index contributed by atoms with van der Waals surface area (Å²) in [7, 11) is 0. The van der Waals surface area contributed by atoms with Crippen LogP contribution in [0.3, 0.4) is 0 Å². The van der Waals surface area contributed by atoms with Gasteiger partial charge in [0.2, 0.25) is 0 Å².